The van der Waals surface area contributed by atoms with E-state index in [4.69, 9.17) is 0 Å². The van der Waals surface area contributed by atoms with Gasteiger partial charge in [-0.2, -0.15) is 0 Å². The van der Waals surface area contributed by atoms with E-state index in [1.54, 1.807) is 4.90 Å². The monoisotopic (exact) mass is 310 g/mol. The van der Waals surface area contributed by atoms with E-state index < -0.39 is 17.4 Å². The van der Waals surface area contributed by atoms with Gasteiger partial charge >= 0.3 is 5.97 Å². The fourth-order valence-electron chi connectivity index (χ4n) is 3.36. The SMILES string of the molecule is CC(C)(C)C(=O)N1CCCC(C(=O)N2CCC[C@H]2C(=O)O)C1. The lowest BCUT2D eigenvalue weighted by Gasteiger charge is -2.37. The highest BCUT2D eigenvalue weighted by atomic mass is 16.4. The van der Waals surface area contributed by atoms with Crippen molar-refractivity contribution >= 4 is 17.8 Å². The van der Waals surface area contributed by atoms with E-state index in [0.717, 1.165) is 19.3 Å². The van der Waals surface area contributed by atoms with Gasteiger partial charge in [-0.15, -0.1) is 0 Å². The van der Waals surface area contributed by atoms with Crippen LogP contribution in [0.5, 0.6) is 0 Å². The van der Waals surface area contributed by atoms with Crippen molar-refractivity contribution in [3.63, 3.8) is 0 Å². The molecular formula is C16H26N2O4. The van der Waals surface area contributed by atoms with Crippen LogP contribution in [0.1, 0.15) is 46.5 Å². The molecule has 0 aromatic rings. The van der Waals surface area contributed by atoms with E-state index in [9.17, 15) is 19.5 Å². The molecule has 2 aliphatic rings. The quantitative estimate of drug-likeness (QED) is 0.835. The lowest BCUT2D eigenvalue weighted by molar-refractivity contribution is -0.152. The predicted octanol–water partition coefficient (Wildman–Crippen LogP) is 1.35. The number of carboxylic acids is 1. The van der Waals surface area contributed by atoms with Gasteiger partial charge in [0.15, 0.2) is 0 Å². The molecule has 2 heterocycles. The van der Waals surface area contributed by atoms with Gasteiger partial charge < -0.3 is 14.9 Å². The zero-order chi connectivity index (χ0) is 16.5. The van der Waals surface area contributed by atoms with E-state index in [-0.39, 0.29) is 17.7 Å². The third kappa shape index (κ3) is 3.42. The first-order chi connectivity index (χ1) is 10.2. The number of likely N-dealkylation sites (tertiary alicyclic amines) is 2. The number of piperidine rings is 1. The van der Waals surface area contributed by atoms with E-state index in [1.807, 2.05) is 20.8 Å². The van der Waals surface area contributed by atoms with Crippen molar-refractivity contribution in [2.45, 2.75) is 52.5 Å². The summed E-state index contributed by atoms with van der Waals surface area (Å²) in [4.78, 5) is 39.6. The van der Waals surface area contributed by atoms with Crippen LogP contribution in [0.3, 0.4) is 0 Å². The standard InChI is InChI=1S/C16H26N2O4/c1-16(2,3)15(22)17-8-4-6-11(10-17)13(19)18-9-5-7-12(18)14(20)21/h11-12H,4-10H2,1-3H3,(H,20,21)/t11?,12-/m0/s1. The molecule has 0 spiro atoms. The Hall–Kier alpha value is -1.59. The van der Waals surface area contributed by atoms with Crippen LogP contribution in [0.4, 0.5) is 0 Å². The van der Waals surface area contributed by atoms with Crippen LogP contribution in [-0.4, -0.2) is 58.4 Å². The van der Waals surface area contributed by atoms with Crippen LogP contribution < -0.4 is 0 Å². The second kappa shape index (κ2) is 6.26. The molecular weight excluding hydrogens is 284 g/mol. The van der Waals surface area contributed by atoms with Crippen LogP contribution in [0, 0.1) is 11.3 Å². The minimum absolute atomic E-state index is 0.0567. The Kier molecular flexibility index (Phi) is 4.78. The molecule has 2 amide bonds. The van der Waals surface area contributed by atoms with Gasteiger partial charge in [0.2, 0.25) is 11.8 Å². The molecule has 0 aromatic heterocycles. The second-order valence-electron chi connectivity index (χ2n) is 7.37. The first-order valence-corrected chi connectivity index (χ1v) is 8.04. The third-order valence-corrected chi connectivity index (χ3v) is 4.52. The van der Waals surface area contributed by atoms with E-state index in [2.05, 4.69) is 0 Å². The summed E-state index contributed by atoms with van der Waals surface area (Å²) in [5.74, 6) is -1.23. The first kappa shape index (κ1) is 16.8. The normalized spacial score (nSPS) is 26.1. The van der Waals surface area contributed by atoms with Crippen molar-refractivity contribution in [2.75, 3.05) is 19.6 Å². The Labute approximate surface area is 131 Å². The van der Waals surface area contributed by atoms with Crippen molar-refractivity contribution in [3.05, 3.63) is 0 Å². The maximum Gasteiger partial charge on any atom is 0.326 e. The number of hydrogen-bond acceptors (Lipinski definition) is 3. The largest absolute Gasteiger partial charge is 0.480 e. The average molecular weight is 310 g/mol. The molecule has 0 aliphatic carbocycles. The minimum Gasteiger partial charge on any atom is -0.480 e. The van der Waals surface area contributed by atoms with Crippen LogP contribution in [-0.2, 0) is 14.4 Å². The molecule has 6 heteroatoms. The van der Waals surface area contributed by atoms with Crippen molar-refractivity contribution in [1.29, 1.82) is 0 Å². The van der Waals surface area contributed by atoms with Crippen molar-refractivity contribution < 1.29 is 19.5 Å². The molecule has 124 valence electrons. The van der Waals surface area contributed by atoms with E-state index in [1.165, 1.54) is 4.90 Å². The molecule has 22 heavy (non-hydrogen) atoms. The number of carbonyl (C=O) groups excluding carboxylic acids is 2. The predicted molar refractivity (Wildman–Crippen MR) is 81.1 cm³/mol. The molecule has 0 saturated carbocycles. The van der Waals surface area contributed by atoms with Gasteiger partial charge in [0.05, 0.1) is 5.92 Å². The molecule has 2 saturated heterocycles. The maximum absolute atomic E-state index is 12.7. The van der Waals surface area contributed by atoms with Crippen LogP contribution >= 0.6 is 0 Å². The Morgan fingerprint density at radius 3 is 2.27 bits per heavy atom. The highest BCUT2D eigenvalue weighted by molar-refractivity contribution is 5.87. The summed E-state index contributed by atoms with van der Waals surface area (Å²) < 4.78 is 0. The molecule has 0 bridgehead atoms. The van der Waals surface area contributed by atoms with Crippen LogP contribution in [0.15, 0.2) is 0 Å². The molecule has 2 aliphatic heterocycles. The van der Waals surface area contributed by atoms with Crippen LogP contribution in [0.25, 0.3) is 0 Å². The average Bonchev–Trinajstić information content (AvgIpc) is 2.94. The molecule has 0 radical (unpaired) electrons. The van der Waals surface area contributed by atoms with E-state index >= 15 is 0 Å². The van der Waals surface area contributed by atoms with Gasteiger partial charge in [0.25, 0.3) is 0 Å². The molecule has 6 nitrogen and oxygen atoms in total. The van der Waals surface area contributed by atoms with Crippen LogP contribution in [0.2, 0.25) is 0 Å². The number of aliphatic carboxylic acids is 1. The van der Waals surface area contributed by atoms with Crippen molar-refractivity contribution in [3.8, 4) is 0 Å². The minimum atomic E-state index is -0.927. The zero-order valence-electron chi connectivity index (χ0n) is 13.7. The number of amides is 2. The van der Waals surface area contributed by atoms with Gasteiger partial charge in [-0.05, 0) is 25.7 Å². The fraction of sp³-hybridized carbons (Fsp3) is 0.812. The van der Waals surface area contributed by atoms with E-state index in [0.29, 0.717) is 26.1 Å². The van der Waals surface area contributed by atoms with Gasteiger partial charge in [0.1, 0.15) is 6.04 Å². The van der Waals surface area contributed by atoms with Gasteiger partial charge in [-0.3, -0.25) is 9.59 Å². The topological polar surface area (TPSA) is 77.9 Å². The Bertz CT molecular complexity index is 469. The van der Waals surface area contributed by atoms with Crippen molar-refractivity contribution in [1.82, 2.24) is 9.80 Å². The third-order valence-electron chi connectivity index (χ3n) is 4.52. The summed E-state index contributed by atoms with van der Waals surface area (Å²) >= 11 is 0. The Balaban J connectivity index is 2.04. The smallest absolute Gasteiger partial charge is 0.326 e. The van der Waals surface area contributed by atoms with Gasteiger partial charge in [-0.1, -0.05) is 20.8 Å². The number of hydrogen-bond donors (Lipinski definition) is 1. The van der Waals surface area contributed by atoms with Gasteiger partial charge in [0, 0.05) is 25.0 Å². The van der Waals surface area contributed by atoms with Crippen molar-refractivity contribution in [2.24, 2.45) is 11.3 Å². The molecule has 1 unspecified atom stereocenters. The molecule has 0 aromatic carbocycles. The summed E-state index contributed by atoms with van der Waals surface area (Å²) in [6, 6.07) is -0.693. The summed E-state index contributed by atoms with van der Waals surface area (Å²) in [5, 5.41) is 9.22. The Morgan fingerprint density at radius 2 is 1.68 bits per heavy atom. The summed E-state index contributed by atoms with van der Waals surface area (Å²) in [7, 11) is 0. The summed E-state index contributed by atoms with van der Waals surface area (Å²) in [6.45, 7) is 7.24. The molecule has 2 rings (SSSR count). The lowest BCUT2D eigenvalue weighted by Crippen LogP contribution is -2.51. The second-order valence-corrected chi connectivity index (χ2v) is 7.37. The number of rotatable bonds is 2. The highest BCUT2D eigenvalue weighted by Crippen LogP contribution is 2.27. The number of carboxylic acid groups (broad SMARTS) is 1. The zero-order valence-corrected chi connectivity index (χ0v) is 13.7. The Morgan fingerprint density at radius 1 is 1.05 bits per heavy atom. The molecule has 1 N–H and O–H groups in total. The maximum atomic E-state index is 12.7. The lowest BCUT2D eigenvalue weighted by atomic mass is 9.90. The number of carbonyl (C=O) groups is 3. The number of nitrogens with zero attached hydrogens (tertiary/aromatic N) is 2. The molecule has 2 atom stereocenters. The van der Waals surface area contributed by atoms with Gasteiger partial charge in [-0.25, -0.2) is 4.79 Å². The summed E-state index contributed by atoms with van der Waals surface area (Å²) in [5.41, 5.74) is -0.456. The molecule has 2 fully saturated rings. The first-order valence-electron chi connectivity index (χ1n) is 8.04. The summed E-state index contributed by atoms with van der Waals surface area (Å²) in [6.07, 6.45) is 2.79. The fourth-order valence-corrected chi connectivity index (χ4v) is 3.36. The highest BCUT2D eigenvalue weighted by Gasteiger charge is 2.40.